The molecule has 0 fully saturated rings. The number of carbonyl (C=O) groups excluding carboxylic acids is 1. The predicted octanol–water partition coefficient (Wildman–Crippen LogP) is 4.23. The monoisotopic (exact) mass is 377 g/mol. The average Bonchev–Trinajstić information content (AvgIpc) is 2.66. The summed E-state index contributed by atoms with van der Waals surface area (Å²) in [6.07, 6.45) is 1.17. The Morgan fingerprint density at radius 2 is 1.74 bits per heavy atom. The van der Waals surface area contributed by atoms with Crippen molar-refractivity contribution in [2.24, 2.45) is 0 Å². The molecule has 0 N–H and O–H groups in total. The molecule has 0 atom stereocenters. The molecule has 0 spiro atoms. The first kappa shape index (κ1) is 19.8. The van der Waals surface area contributed by atoms with Crippen molar-refractivity contribution in [3.05, 3.63) is 58.9 Å². The summed E-state index contributed by atoms with van der Waals surface area (Å²) in [6.45, 7) is -3.11. The number of ketones is 1. The van der Waals surface area contributed by atoms with Crippen molar-refractivity contribution in [3.8, 4) is 23.3 Å². The number of carbonyl (C=O) groups is 1. The quantitative estimate of drug-likeness (QED) is 0.410. The Labute approximate surface area is 153 Å². The molecule has 2 rings (SSSR count). The van der Waals surface area contributed by atoms with E-state index in [0.717, 1.165) is 6.07 Å². The molecule has 5 nitrogen and oxygen atoms in total. The van der Waals surface area contributed by atoms with E-state index in [0.29, 0.717) is 0 Å². The molecule has 8 heteroatoms. The molecule has 27 heavy (non-hydrogen) atoms. The van der Waals surface area contributed by atoms with Crippen molar-refractivity contribution in [2.45, 2.75) is 6.61 Å². The van der Waals surface area contributed by atoms with Crippen LogP contribution < -0.4 is 14.2 Å². The Hall–Kier alpha value is -3.47. The summed E-state index contributed by atoms with van der Waals surface area (Å²) in [6, 6.07) is 9.52. The van der Waals surface area contributed by atoms with Crippen molar-refractivity contribution < 1.29 is 32.2 Å². The third kappa shape index (κ3) is 4.58. The lowest BCUT2D eigenvalue weighted by molar-refractivity contribution is -0.0526. The van der Waals surface area contributed by atoms with Crippen LogP contribution in [0.4, 0.5) is 13.2 Å². The highest BCUT2D eigenvalue weighted by atomic mass is 19.3. The Balaban J connectivity index is 2.51. The lowest BCUT2D eigenvalue weighted by atomic mass is 10.0. The summed E-state index contributed by atoms with van der Waals surface area (Å²) in [5.74, 6) is -2.08. The molecular weight excluding hydrogens is 363 g/mol. The second kappa shape index (κ2) is 8.76. The molecule has 0 radical (unpaired) electrons. The fourth-order valence-corrected chi connectivity index (χ4v) is 2.29. The van der Waals surface area contributed by atoms with Crippen LogP contribution in [0.25, 0.3) is 6.08 Å². The van der Waals surface area contributed by atoms with Crippen LogP contribution in [0.3, 0.4) is 0 Å². The van der Waals surface area contributed by atoms with Crippen molar-refractivity contribution >= 4 is 11.9 Å². The van der Waals surface area contributed by atoms with E-state index in [-0.39, 0.29) is 33.9 Å². The first-order chi connectivity index (χ1) is 12.9. The second-order valence-corrected chi connectivity index (χ2v) is 5.11. The van der Waals surface area contributed by atoms with Gasteiger partial charge < -0.3 is 14.2 Å². The minimum absolute atomic E-state index is 0.0865. The van der Waals surface area contributed by atoms with Crippen molar-refractivity contribution in [2.75, 3.05) is 14.2 Å². The van der Waals surface area contributed by atoms with Crippen molar-refractivity contribution in [3.63, 3.8) is 0 Å². The van der Waals surface area contributed by atoms with Crippen molar-refractivity contribution in [1.29, 1.82) is 5.26 Å². The number of hydrogen-bond donors (Lipinski definition) is 0. The molecule has 0 aliphatic rings. The summed E-state index contributed by atoms with van der Waals surface area (Å²) in [5.41, 5.74) is -0.375. The van der Waals surface area contributed by atoms with Crippen molar-refractivity contribution in [1.82, 2.24) is 0 Å². The lowest BCUT2D eigenvalue weighted by Gasteiger charge is -2.14. The smallest absolute Gasteiger partial charge is 0.387 e. The molecule has 2 aromatic carbocycles. The highest BCUT2D eigenvalue weighted by molar-refractivity contribution is 6.14. The molecule has 0 heterocycles. The standard InChI is InChI=1S/C19H14F3NO4/c1-25-15-8-11(9-16(26-2)18(15)27-19(21)22)7-12(10-23)17(24)13-5-3-4-6-14(13)20/h3-9,19H,1-2H3/b12-7+. The third-order valence-electron chi connectivity index (χ3n) is 3.48. The highest BCUT2D eigenvalue weighted by Gasteiger charge is 2.20. The zero-order chi connectivity index (χ0) is 20.0. The Kier molecular flexibility index (Phi) is 6.44. The van der Waals surface area contributed by atoms with Gasteiger partial charge in [0.2, 0.25) is 11.5 Å². The number of methoxy groups -OCH3 is 2. The van der Waals surface area contributed by atoms with E-state index < -0.39 is 18.2 Å². The summed E-state index contributed by atoms with van der Waals surface area (Å²) in [4.78, 5) is 12.4. The first-order valence-electron chi connectivity index (χ1n) is 7.53. The maximum absolute atomic E-state index is 13.8. The predicted molar refractivity (Wildman–Crippen MR) is 90.5 cm³/mol. The Morgan fingerprint density at radius 3 is 2.22 bits per heavy atom. The SMILES string of the molecule is COc1cc(/C=C(\C#N)C(=O)c2ccccc2F)cc(OC)c1OC(F)F. The molecular formula is C19H14F3NO4. The number of nitriles is 1. The van der Waals surface area contributed by atoms with Gasteiger partial charge in [-0.05, 0) is 35.9 Å². The molecule has 0 saturated heterocycles. The Morgan fingerprint density at radius 1 is 1.15 bits per heavy atom. The van der Waals surface area contributed by atoms with Gasteiger partial charge in [0.1, 0.15) is 17.5 Å². The number of allylic oxidation sites excluding steroid dienone is 1. The van der Waals surface area contributed by atoms with Gasteiger partial charge >= 0.3 is 6.61 Å². The second-order valence-electron chi connectivity index (χ2n) is 5.11. The topological polar surface area (TPSA) is 68.5 Å². The number of nitrogens with zero attached hydrogens (tertiary/aromatic N) is 1. The number of hydrogen-bond acceptors (Lipinski definition) is 5. The highest BCUT2D eigenvalue weighted by Crippen LogP contribution is 2.40. The van der Waals surface area contributed by atoms with Gasteiger partial charge in [-0.3, -0.25) is 4.79 Å². The van der Waals surface area contributed by atoms with E-state index in [2.05, 4.69) is 4.74 Å². The fourth-order valence-electron chi connectivity index (χ4n) is 2.29. The lowest BCUT2D eigenvalue weighted by Crippen LogP contribution is -2.06. The van der Waals surface area contributed by atoms with E-state index >= 15 is 0 Å². The maximum atomic E-state index is 13.8. The third-order valence-corrected chi connectivity index (χ3v) is 3.48. The van der Waals surface area contributed by atoms with Crippen LogP contribution in [0, 0.1) is 17.1 Å². The molecule has 0 amide bonds. The maximum Gasteiger partial charge on any atom is 0.387 e. The van der Waals surface area contributed by atoms with Gasteiger partial charge in [-0.2, -0.15) is 14.0 Å². The molecule has 0 aliphatic heterocycles. The Bertz CT molecular complexity index is 894. The zero-order valence-electron chi connectivity index (χ0n) is 14.3. The van der Waals surface area contributed by atoms with E-state index in [4.69, 9.17) is 9.47 Å². The summed E-state index contributed by atoms with van der Waals surface area (Å²) >= 11 is 0. The molecule has 0 bridgehead atoms. The van der Waals surface area contributed by atoms with Crippen LogP contribution in [-0.2, 0) is 0 Å². The van der Waals surface area contributed by atoms with Gasteiger partial charge in [-0.15, -0.1) is 0 Å². The molecule has 0 aromatic heterocycles. The number of rotatable bonds is 7. The summed E-state index contributed by atoms with van der Waals surface area (Å²) in [7, 11) is 2.46. The summed E-state index contributed by atoms with van der Waals surface area (Å²) < 4.78 is 53.4. The number of alkyl halides is 2. The molecule has 0 unspecified atom stereocenters. The number of benzene rings is 2. The minimum Gasteiger partial charge on any atom is -0.493 e. The van der Waals surface area contributed by atoms with Crippen LogP contribution >= 0.6 is 0 Å². The van der Waals surface area contributed by atoms with Gasteiger partial charge in [0, 0.05) is 0 Å². The van der Waals surface area contributed by atoms with Crippen LogP contribution in [0.15, 0.2) is 42.0 Å². The van der Waals surface area contributed by atoms with Gasteiger partial charge in [0.05, 0.1) is 19.8 Å². The van der Waals surface area contributed by atoms with Gasteiger partial charge in [-0.25, -0.2) is 4.39 Å². The van der Waals surface area contributed by atoms with E-state index in [9.17, 15) is 23.2 Å². The molecule has 0 aliphatic carbocycles. The molecule has 0 saturated carbocycles. The summed E-state index contributed by atoms with van der Waals surface area (Å²) in [5, 5.41) is 9.29. The van der Waals surface area contributed by atoms with E-state index in [1.165, 1.54) is 50.6 Å². The van der Waals surface area contributed by atoms with E-state index in [1.54, 1.807) is 6.07 Å². The van der Waals surface area contributed by atoms with Gasteiger partial charge in [-0.1, -0.05) is 12.1 Å². The van der Waals surface area contributed by atoms with Crippen LogP contribution in [0.1, 0.15) is 15.9 Å². The number of ether oxygens (including phenoxy) is 3. The van der Waals surface area contributed by atoms with Gasteiger partial charge in [0.25, 0.3) is 0 Å². The van der Waals surface area contributed by atoms with Crippen LogP contribution in [-0.4, -0.2) is 26.6 Å². The van der Waals surface area contributed by atoms with E-state index in [1.807, 2.05) is 0 Å². The molecule has 2 aromatic rings. The fraction of sp³-hybridized carbons (Fsp3) is 0.158. The average molecular weight is 377 g/mol. The first-order valence-corrected chi connectivity index (χ1v) is 7.53. The minimum atomic E-state index is -3.11. The normalized spacial score (nSPS) is 11.1. The number of Topliss-reactive ketones (excluding diaryl/α,β-unsaturated/α-hetero) is 1. The van der Waals surface area contributed by atoms with Crippen LogP contribution in [0.2, 0.25) is 0 Å². The van der Waals surface area contributed by atoms with Gasteiger partial charge in [0.15, 0.2) is 11.5 Å². The van der Waals surface area contributed by atoms with Crippen LogP contribution in [0.5, 0.6) is 17.2 Å². The molecule has 140 valence electrons. The number of halogens is 3. The zero-order valence-corrected chi connectivity index (χ0v) is 14.3. The largest absolute Gasteiger partial charge is 0.493 e.